The zero-order valence-electron chi connectivity index (χ0n) is 11.8. The molecule has 0 heterocycles. The predicted molar refractivity (Wildman–Crippen MR) is 76.3 cm³/mol. The van der Waals surface area contributed by atoms with Crippen molar-refractivity contribution in [1.29, 1.82) is 0 Å². The lowest BCUT2D eigenvalue weighted by Gasteiger charge is -2.37. The molecule has 2 heteroatoms. The van der Waals surface area contributed by atoms with Gasteiger partial charge in [-0.1, -0.05) is 18.6 Å². The van der Waals surface area contributed by atoms with E-state index < -0.39 is 5.60 Å². The zero-order chi connectivity index (χ0) is 13.3. The Bertz CT molecular complexity index is 439. The van der Waals surface area contributed by atoms with E-state index in [0.29, 0.717) is 0 Å². The van der Waals surface area contributed by atoms with E-state index in [1.165, 1.54) is 31.2 Å². The van der Waals surface area contributed by atoms with Crippen molar-refractivity contribution in [2.45, 2.75) is 50.5 Å². The van der Waals surface area contributed by atoms with Gasteiger partial charge in [0, 0.05) is 6.42 Å². The maximum absolute atomic E-state index is 10.9. The summed E-state index contributed by atoms with van der Waals surface area (Å²) in [4.78, 5) is 0. The number of rotatable bonds is 4. The molecule has 0 aromatic heterocycles. The van der Waals surface area contributed by atoms with Gasteiger partial charge in [-0.25, -0.2) is 0 Å². The highest BCUT2D eigenvalue weighted by atomic mass is 16.5. The molecule has 2 aliphatic rings. The Kier molecular flexibility index (Phi) is 3.53. The zero-order valence-corrected chi connectivity index (χ0v) is 11.8. The van der Waals surface area contributed by atoms with E-state index in [2.05, 4.69) is 12.1 Å². The molecule has 1 N–H and O–H groups in total. The lowest BCUT2D eigenvalue weighted by atomic mass is 9.73. The van der Waals surface area contributed by atoms with Crippen LogP contribution >= 0.6 is 0 Å². The van der Waals surface area contributed by atoms with Crippen LogP contribution in [0.4, 0.5) is 0 Å². The van der Waals surface area contributed by atoms with Crippen LogP contribution in [-0.2, 0) is 6.42 Å². The molecule has 0 amide bonds. The molecule has 0 aliphatic heterocycles. The van der Waals surface area contributed by atoms with Crippen molar-refractivity contribution in [2.24, 2.45) is 11.8 Å². The number of hydrogen-bond donors (Lipinski definition) is 1. The number of aliphatic hydroxyl groups is 1. The van der Waals surface area contributed by atoms with Crippen LogP contribution in [-0.4, -0.2) is 17.8 Å². The van der Waals surface area contributed by atoms with E-state index >= 15 is 0 Å². The number of methoxy groups -OCH3 is 1. The third-order valence-corrected chi connectivity index (χ3v) is 4.82. The van der Waals surface area contributed by atoms with E-state index in [4.69, 9.17) is 4.74 Å². The second kappa shape index (κ2) is 5.16. The molecule has 0 spiro atoms. The molecule has 2 nitrogen and oxygen atoms in total. The number of hydrogen-bond acceptors (Lipinski definition) is 2. The second-order valence-corrected chi connectivity index (χ2v) is 6.45. The van der Waals surface area contributed by atoms with E-state index in [0.717, 1.165) is 36.8 Å². The Hall–Kier alpha value is -1.02. The standard InChI is InChI=1S/C17H24O2/c1-19-16-6-2-4-13(10-16)11-17(18)9-3-5-15(12-17)14-7-8-14/h2,4,6,10,14-15,18H,3,5,7-9,11-12H2,1H3. The summed E-state index contributed by atoms with van der Waals surface area (Å²) >= 11 is 0. The van der Waals surface area contributed by atoms with Crippen molar-refractivity contribution >= 4 is 0 Å². The highest BCUT2D eigenvalue weighted by Gasteiger charge is 2.40. The summed E-state index contributed by atoms with van der Waals surface area (Å²) in [7, 11) is 1.69. The lowest BCUT2D eigenvalue weighted by molar-refractivity contribution is -0.0195. The Labute approximate surface area is 115 Å². The van der Waals surface area contributed by atoms with Gasteiger partial charge in [0.2, 0.25) is 0 Å². The van der Waals surface area contributed by atoms with Crippen LogP contribution in [0.3, 0.4) is 0 Å². The van der Waals surface area contributed by atoms with Gasteiger partial charge in [0.1, 0.15) is 5.75 Å². The van der Waals surface area contributed by atoms with Gasteiger partial charge in [-0.3, -0.25) is 0 Å². The van der Waals surface area contributed by atoms with Gasteiger partial charge in [-0.2, -0.15) is 0 Å². The second-order valence-electron chi connectivity index (χ2n) is 6.45. The summed E-state index contributed by atoms with van der Waals surface area (Å²) in [6, 6.07) is 8.13. The predicted octanol–water partition coefficient (Wildman–Crippen LogP) is 3.57. The fourth-order valence-corrected chi connectivity index (χ4v) is 3.68. The maximum Gasteiger partial charge on any atom is 0.119 e. The van der Waals surface area contributed by atoms with E-state index in [1.807, 2.05) is 12.1 Å². The minimum atomic E-state index is -0.488. The monoisotopic (exact) mass is 260 g/mol. The molecular weight excluding hydrogens is 236 g/mol. The molecular formula is C17H24O2. The molecule has 2 aliphatic carbocycles. The summed E-state index contributed by atoms with van der Waals surface area (Å²) in [5, 5.41) is 10.9. The third-order valence-electron chi connectivity index (χ3n) is 4.82. The first-order chi connectivity index (χ1) is 9.18. The number of benzene rings is 1. The van der Waals surface area contributed by atoms with Gasteiger partial charge in [0.25, 0.3) is 0 Å². The van der Waals surface area contributed by atoms with Gasteiger partial charge >= 0.3 is 0 Å². The molecule has 3 rings (SSSR count). The molecule has 2 fully saturated rings. The summed E-state index contributed by atoms with van der Waals surface area (Å²) in [6.07, 6.45) is 8.00. The van der Waals surface area contributed by atoms with Crippen LogP contribution in [0.2, 0.25) is 0 Å². The fraction of sp³-hybridized carbons (Fsp3) is 0.647. The molecule has 2 unspecified atom stereocenters. The van der Waals surface area contributed by atoms with E-state index in [9.17, 15) is 5.11 Å². The summed E-state index contributed by atoms with van der Waals surface area (Å²) in [6.45, 7) is 0. The van der Waals surface area contributed by atoms with Gasteiger partial charge < -0.3 is 9.84 Å². The van der Waals surface area contributed by atoms with Gasteiger partial charge in [-0.15, -0.1) is 0 Å². The van der Waals surface area contributed by atoms with Crippen LogP contribution < -0.4 is 4.74 Å². The topological polar surface area (TPSA) is 29.5 Å². The summed E-state index contributed by atoms with van der Waals surface area (Å²) < 4.78 is 5.26. The van der Waals surface area contributed by atoms with Gasteiger partial charge in [0.15, 0.2) is 0 Å². The normalized spacial score (nSPS) is 31.2. The van der Waals surface area contributed by atoms with Gasteiger partial charge in [0.05, 0.1) is 12.7 Å². The van der Waals surface area contributed by atoms with Crippen LogP contribution in [0, 0.1) is 11.8 Å². The molecule has 1 aromatic rings. The molecule has 0 saturated heterocycles. The molecule has 2 atom stereocenters. The highest BCUT2D eigenvalue weighted by molar-refractivity contribution is 5.29. The molecule has 0 radical (unpaired) electrons. The minimum absolute atomic E-state index is 0.488. The Balaban J connectivity index is 1.69. The molecule has 0 bridgehead atoms. The molecule has 1 aromatic carbocycles. The lowest BCUT2D eigenvalue weighted by Crippen LogP contribution is -2.38. The van der Waals surface area contributed by atoms with Crippen molar-refractivity contribution < 1.29 is 9.84 Å². The molecule has 2 saturated carbocycles. The van der Waals surface area contributed by atoms with Crippen molar-refractivity contribution in [1.82, 2.24) is 0 Å². The fourth-order valence-electron chi connectivity index (χ4n) is 3.68. The summed E-state index contributed by atoms with van der Waals surface area (Å²) in [5.41, 5.74) is 0.705. The quantitative estimate of drug-likeness (QED) is 0.896. The van der Waals surface area contributed by atoms with E-state index in [1.54, 1.807) is 7.11 Å². The van der Waals surface area contributed by atoms with Crippen LogP contribution in [0.5, 0.6) is 5.75 Å². The van der Waals surface area contributed by atoms with Crippen molar-refractivity contribution in [3.63, 3.8) is 0 Å². The Morgan fingerprint density at radius 3 is 2.84 bits per heavy atom. The summed E-state index contributed by atoms with van der Waals surface area (Å²) in [5.74, 6) is 2.57. The molecule has 104 valence electrons. The largest absolute Gasteiger partial charge is 0.497 e. The van der Waals surface area contributed by atoms with Crippen molar-refractivity contribution in [3.05, 3.63) is 29.8 Å². The van der Waals surface area contributed by atoms with E-state index in [-0.39, 0.29) is 0 Å². The number of ether oxygens (including phenoxy) is 1. The first kappa shape index (κ1) is 13.0. The van der Waals surface area contributed by atoms with Crippen molar-refractivity contribution in [3.8, 4) is 5.75 Å². The average molecular weight is 260 g/mol. The van der Waals surface area contributed by atoms with Crippen LogP contribution in [0.1, 0.15) is 44.1 Å². The van der Waals surface area contributed by atoms with Crippen LogP contribution in [0.25, 0.3) is 0 Å². The average Bonchev–Trinajstić information content (AvgIpc) is 3.23. The first-order valence-electron chi connectivity index (χ1n) is 7.54. The highest BCUT2D eigenvalue weighted by Crippen LogP contribution is 2.47. The third kappa shape index (κ3) is 3.11. The Morgan fingerprint density at radius 1 is 1.26 bits per heavy atom. The van der Waals surface area contributed by atoms with Crippen LogP contribution in [0.15, 0.2) is 24.3 Å². The Morgan fingerprint density at radius 2 is 2.11 bits per heavy atom. The first-order valence-corrected chi connectivity index (χ1v) is 7.54. The SMILES string of the molecule is COc1cccc(CC2(O)CCCC(C3CC3)C2)c1. The van der Waals surface area contributed by atoms with Crippen molar-refractivity contribution in [2.75, 3.05) is 7.11 Å². The smallest absolute Gasteiger partial charge is 0.119 e. The minimum Gasteiger partial charge on any atom is -0.497 e. The van der Waals surface area contributed by atoms with Gasteiger partial charge in [-0.05, 0) is 61.6 Å². The molecule has 19 heavy (non-hydrogen) atoms. The maximum atomic E-state index is 10.9.